The lowest BCUT2D eigenvalue weighted by Crippen LogP contribution is -2.47. The van der Waals surface area contributed by atoms with E-state index in [0.717, 1.165) is 0 Å². The molecule has 94 valence electrons. The summed E-state index contributed by atoms with van der Waals surface area (Å²) in [6, 6.07) is 7.87. The second kappa shape index (κ2) is 4.53. The Labute approximate surface area is 101 Å². The highest BCUT2D eigenvalue weighted by atomic mass is 19.3. The third-order valence-electron chi connectivity index (χ3n) is 2.23. The molecule has 0 aliphatic heterocycles. The van der Waals surface area contributed by atoms with Gasteiger partial charge in [0.1, 0.15) is 5.52 Å². The molecule has 7 heteroatoms. The average molecular weight is 253 g/mol. The van der Waals surface area contributed by atoms with Crippen molar-refractivity contribution in [1.29, 1.82) is 0 Å². The van der Waals surface area contributed by atoms with Gasteiger partial charge in [-0.05, 0) is 12.1 Å². The van der Waals surface area contributed by atoms with Gasteiger partial charge in [0.25, 0.3) is 0 Å². The molecule has 1 aromatic carbocycles. The first-order valence-corrected chi connectivity index (χ1v) is 4.96. The van der Waals surface area contributed by atoms with E-state index in [-0.39, 0.29) is 11.3 Å². The number of benzene rings is 1. The maximum absolute atomic E-state index is 13.3. The Morgan fingerprint density at radius 1 is 1.33 bits per heavy atom. The Bertz CT molecular complexity index is 584. The molecule has 0 bridgehead atoms. The molecule has 0 aliphatic rings. The molecule has 0 saturated carbocycles. The van der Waals surface area contributed by atoms with E-state index >= 15 is 0 Å². The van der Waals surface area contributed by atoms with Crippen LogP contribution in [0.2, 0.25) is 0 Å². The lowest BCUT2D eigenvalue weighted by Gasteiger charge is -2.16. The van der Waals surface area contributed by atoms with E-state index in [2.05, 4.69) is 15.6 Å². The number of aromatic nitrogens is 1. The first kappa shape index (κ1) is 12.2. The minimum Gasteiger partial charge on any atom is -0.423 e. The van der Waals surface area contributed by atoms with Crippen LogP contribution in [-0.4, -0.2) is 17.0 Å². The number of hydrazine groups is 1. The fourth-order valence-electron chi connectivity index (χ4n) is 1.43. The van der Waals surface area contributed by atoms with Gasteiger partial charge in [0.15, 0.2) is 5.75 Å². The zero-order valence-electron chi connectivity index (χ0n) is 9.06. The lowest BCUT2D eigenvalue weighted by atomic mass is 10.2. The molecule has 5 nitrogen and oxygen atoms in total. The number of hydrogen-bond donors (Lipinski definition) is 2. The number of carbonyl (C=O) groups is 1. The van der Waals surface area contributed by atoms with Crippen molar-refractivity contribution in [1.82, 2.24) is 10.4 Å². The smallest absolute Gasteiger partial charge is 0.423 e. The van der Waals surface area contributed by atoms with Crippen molar-refractivity contribution in [3.05, 3.63) is 36.5 Å². The summed E-state index contributed by atoms with van der Waals surface area (Å²) in [6.07, 6.45) is -2.61. The number of pyridine rings is 1. The minimum absolute atomic E-state index is 0.193. The second-order valence-corrected chi connectivity index (χ2v) is 3.42. The summed E-state index contributed by atoms with van der Waals surface area (Å²) in [5.74, 6) is 2.73. The molecular formula is C11H9F2N3O2. The number of nitrogens with one attached hydrogen (secondary N) is 1. The standard InChI is InChI=1S/C11H9F2N3O2/c12-11(13,10(17)16-14)18-8-5-1-3-7-4-2-6-15-9(7)8/h1-6H,14H2,(H,16,17). The highest BCUT2D eigenvalue weighted by Gasteiger charge is 2.42. The first-order valence-electron chi connectivity index (χ1n) is 4.96. The molecule has 2 aromatic rings. The molecule has 0 saturated heterocycles. The van der Waals surface area contributed by atoms with E-state index in [4.69, 9.17) is 0 Å². The van der Waals surface area contributed by atoms with Crippen molar-refractivity contribution in [2.75, 3.05) is 0 Å². The predicted molar refractivity (Wildman–Crippen MR) is 59.6 cm³/mol. The number of para-hydroxylation sites is 1. The number of nitrogens with two attached hydrogens (primary N) is 1. The number of rotatable bonds is 3. The molecule has 0 aliphatic carbocycles. The molecule has 1 amide bonds. The summed E-state index contributed by atoms with van der Waals surface area (Å²) in [4.78, 5) is 14.8. The summed E-state index contributed by atoms with van der Waals surface area (Å²) in [5, 5.41) is 0.624. The van der Waals surface area contributed by atoms with Gasteiger partial charge >= 0.3 is 12.0 Å². The van der Waals surface area contributed by atoms with Crippen LogP contribution in [0, 0.1) is 0 Å². The summed E-state index contributed by atoms with van der Waals surface area (Å²) < 4.78 is 31.0. The van der Waals surface area contributed by atoms with Crippen LogP contribution in [0.4, 0.5) is 8.78 Å². The summed E-state index contributed by atoms with van der Waals surface area (Å²) in [7, 11) is 0. The topological polar surface area (TPSA) is 77.2 Å². The van der Waals surface area contributed by atoms with Gasteiger partial charge in [0.05, 0.1) is 0 Å². The van der Waals surface area contributed by atoms with Crippen LogP contribution < -0.4 is 16.0 Å². The maximum atomic E-state index is 13.3. The monoisotopic (exact) mass is 253 g/mol. The fraction of sp³-hybridized carbons (Fsp3) is 0.0909. The van der Waals surface area contributed by atoms with Crippen molar-refractivity contribution in [2.45, 2.75) is 6.11 Å². The van der Waals surface area contributed by atoms with E-state index < -0.39 is 12.0 Å². The third-order valence-corrected chi connectivity index (χ3v) is 2.23. The Kier molecular flexibility index (Phi) is 3.07. The van der Waals surface area contributed by atoms with E-state index in [9.17, 15) is 13.6 Å². The van der Waals surface area contributed by atoms with Gasteiger partial charge < -0.3 is 4.74 Å². The van der Waals surface area contributed by atoms with Gasteiger partial charge in [-0.1, -0.05) is 18.2 Å². The first-order chi connectivity index (χ1) is 8.54. The average Bonchev–Trinajstić information content (AvgIpc) is 2.38. The highest BCUT2D eigenvalue weighted by Crippen LogP contribution is 2.28. The highest BCUT2D eigenvalue weighted by molar-refractivity contribution is 5.86. The number of halogens is 2. The summed E-state index contributed by atoms with van der Waals surface area (Å²) in [6.45, 7) is 0. The lowest BCUT2D eigenvalue weighted by molar-refractivity contribution is -0.192. The van der Waals surface area contributed by atoms with Gasteiger partial charge in [-0.25, -0.2) is 5.84 Å². The molecule has 1 aromatic heterocycles. The van der Waals surface area contributed by atoms with Gasteiger partial charge in [-0.15, -0.1) is 0 Å². The Balaban J connectivity index is 2.41. The molecule has 2 rings (SSSR count). The van der Waals surface area contributed by atoms with Crippen LogP contribution in [0.3, 0.4) is 0 Å². The van der Waals surface area contributed by atoms with Crippen molar-refractivity contribution >= 4 is 16.8 Å². The second-order valence-electron chi connectivity index (χ2n) is 3.42. The van der Waals surface area contributed by atoms with Crippen LogP contribution >= 0.6 is 0 Å². The molecule has 0 radical (unpaired) electrons. The molecule has 0 fully saturated rings. The Hall–Kier alpha value is -2.28. The zero-order valence-corrected chi connectivity index (χ0v) is 9.06. The normalized spacial score (nSPS) is 11.3. The van der Waals surface area contributed by atoms with Crippen LogP contribution in [0.15, 0.2) is 36.5 Å². The fourth-order valence-corrected chi connectivity index (χ4v) is 1.43. The Morgan fingerprint density at radius 3 is 2.78 bits per heavy atom. The molecule has 18 heavy (non-hydrogen) atoms. The number of alkyl halides is 2. The van der Waals surface area contributed by atoms with Crippen molar-refractivity contribution in [2.24, 2.45) is 5.84 Å². The number of amides is 1. The van der Waals surface area contributed by atoms with Crippen LogP contribution in [0.1, 0.15) is 0 Å². The molecule has 3 N–H and O–H groups in total. The van der Waals surface area contributed by atoms with Crippen molar-refractivity contribution in [3.63, 3.8) is 0 Å². The number of fused-ring (bicyclic) bond motifs is 1. The Morgan fingerprint density at radius 2 is 2.06 bits per heavy atom. The quantitative estimate of drug-likeness (QED) is 0.489. The number of nitrogens with zero attached hydrogens (tertiary/aromatic N) is 1. The van der Waals surface area contributed by atoms with Crippen LogP contribution in [-0.2, 0) is 4.79 Å². The largest absolute Gasteiger partial charge is 0.483 e. The van der Waals surface area contributed by atoms with Crippen LogP contribution in [0.5, 0.6) is 5.75 Å². The molecule has 0 spiro atoms. The number of ether oxygens (including phenoxy) is 1. The predicted octanol–water partition coefficient (Wildman–Crippen LogP) is 1.20. The van der Waals surface area contributed by atoms with Gasteiger partial charge in [0.2, 0.25) is 0 Å². The number of hydrogen-bond acceptors (Lipinski definition) is 4. The van der Waals surface area contributed by atoms with E-state index in [1.165, 1.54) is 23.8 Å². The molecule has 0 atom stereocenters. The zero-order chi connectivity index (χ0) is 13.2. The van der Waals surface area contributed by atoms with Gasteiger partial charge in [-0.2, -0.15) is 8.78 Å². The number of carbonyl (C=O) groups excluding carboxylic acids is 1. The van der Waals surface area contributed by atoms with Crippen LogP contribution in [0.25, 0.3) is 10.9 Å². The summed E-state index contributed by atoms with van der Waals surface area (Å²) in [5.41, 5.74) is 1.58. The van der Waals surface area contributed by atoms with Gasteiger partial charge in [-0.3, -0.25) is 15.2 Å². The van der Waals surface area contributed by atoms with Gasteiger partial charge in [0, 0.05) is 11.6 Å². The summed E-state index contributed by atoms with van der Waals surface area (Å²) >= 11 is 0. The SMILES string of the molecule is NNC(=O)C(F)(F)Oc1cccc2cccnc12. The van der Waals surface area contributed by atoms with Crippen molar-refractivity contribution in [3.8, 4) is 5.75 Å². The van der Waals surface area contributed by atoms with E-state index in [0.29, 0.717) is 5.39 Å². The van der Waals surface area contributed by atoms with Crippen molar-refractivity contribution < 1.29 is 18.3 Å². The third kappa shape index (κ3) is 2.21. The molecule has 1 heterocycles. The van der Waals surface area contributed by atoms with E-state index in [1.807, 2.05) is 0 Å². The minimum atomic E-state index is -4.06. The molecular weight excluding hydrogens is 244 g/mol. The van der Waals surface area contributed by atoms with E-state index in [1.54, 1.807) is 18.2 Å². The maximum Gasteiger partial charge on any atom is 0.483 e. The molecule has 0 unspecified atom stereocenters.